The number of ketones is 1. The average molecular weight is 501 g/mol. The summed E-state index contributed by atoms with van der Waals surface area (Å²) in [4.78, 5) is 35.5. The minimum atomic E-state index is -0.598. The van der Waals surface area contributed by atoms with Gasteiger partial charge in [0.1, 0.15) is 17.0 Å². The highest BCUT2D eigenvalue weighted by Gasteiger charge is 2.31. The van der Waals surface area contributed by atoms with E-state index in [1.54, 1.807) is 4.90 Å². The topological polar surface area (TPSA) is 111 Å². The molecule has 9 nitrogen and oxygen atoms in total. The van der Waals surface area contributed by atoms with Crippen molar-refractivity contribution < 1.29 is 23.6 Å². The number of likely N-dealkylation sites (tertiary alicyclic amines) is 1. The lowest BCUT2D eigenvalue weighted by Crippen LogP contribution is -2.40. The van der Waals surface area contributed by atoms with Gasteiger partial charge >= 0.3 is 0 Å². The van der Waals surface area contributed by atoms with Crippen LogP contribution in [0.15, 0.2) is 52.8 Å². The van der Waals surface area contributed by atoms with Crippen molar-refractivity contribution in [1.29, 1.82) is 0 Å². The third-order valence-corrected chi connectivity index (χ3v) is 6.85. The summed E-state index contributed by atoms with van der Waals surface area (Å²) in [5.41, 5.74) is 5.95. The van der Waals surface area contributed by atoms with Crippen molar-refractivity contribution in [3.8, 4) is 11.6 Å². The van der Waals surface area contributed by atoms with Gasteiger partial charge in [-0.05, 0) is 37.8 Å². The molecule has 1 aromatic carbocycles. The summed E-state index contributed by atoms with van der Waals surface area (Å²) in [5.74, 6) is 0.332. The number of benzene rings is 1. The molecule has 1 saturated heterocycles. The van der Waals surface area contributed by atoms with Crippen LogP contribution in [0.4, 0.5) is 0 Å². The molecular formula is C28H28N4O5. The molecule has 5 rings (SSSR count). The van der Waals surface area contributed by atoms with Crippen LogP contribution >= 0.6 is 0 Å². The Balaban J connectivity index is 1.43. The number of aromatic nitrogens is 3. The average Bonchev–Trinajstić information content (AvgIpc) is 3.52. The van der Waals surface area contributed by atoms with Crippen molar-refractivity contribution in [2.24, 2.45) is 0 Å². The number of H-pyrrole nitrogens is 1. The predicted octanol–water partition coefficient (Wildman–Crippen LogP) is 4.49. The lowest BCUT2D eigenvalue weighted by molar-refractivity contribution is -0.126. The number of carbonyl (C=O) groups is 2. The van der Waals surface area contributed by atoms with E-state index in [9.17, 15) is 9.59 Å². The van der Waals surface area contributed by atoms with Crippen LogP contribution in [0.3, 0.4) is 0 Å². The minimum absolute atomic E-state index is 0.236. The molecule has 0 unspecified atom stereocenters. The molecule has 1 aliphatic rings. The van der Waals surface area contributed by atoms with E-state index in [4.69, 9.17) is 14.0 Å². The Bertz CT molecular complexity index is 1490. The zero-order valence-electron chi connectivity index (χ0n) is 21.3. The fourth-order valence-corrected chi connectivity index (χ4v) is 5.04. The number of aromatic amines is 1. The number of fused-ring (bicyclic) bond motifs is 1. The molecule has 3 aromatic heterocycles. The van der Waals surface area contributed by atoms with E-state index in [-0.39, 0.29) is 5.56 Å². The van der Waals surface area contributed by atoms with Gasteiger partial charge in [0, 0.05) is 24.8 Å². The highest BCUT2D eigenvalue weighted by molar-refractivity contribution is 6.45. The number of carbonyl (C=O) groups excluding carboxylic acids is 2. The second-order valence-electron chi connectivity index (χ2n) is 8.95. The highest BCUT2D eigenvalue weighted by Crippen LogP contribution is 2.36. The molecule has 0 aliphatic carbocycles. The van der Waals surface area contributed by atoms with E-state index >= 15 is 0 Å². The molecule has 0 radical (unpaired) electrons. The van der Waals surface area contributed by atoms with Gasteiger partial charge in [0.05, 0.1) is 37.1 Å². The molecule has 37 heavy (non-hydrogen) atoms. The van der Waals surface area contributed by atoms with Crippen molar-refractivity contribution in [3.05, 3.63) is 76.4 Å². The molecule has 4 heterocycles. The highest BCUT2D eigenvalue weighted by atomic mass is 16.5. The van der Waals surface area contributed by atoms with Crippen molar-refractivity contribution in [2.75, 3.05) is 27.3 Å². The fraction of sp³-hybridized carbons (Fsp3) is 0.286. The number of nitrogens with one attached hydrogen (secondary N) is 1. The van der Waals surface area contributed by atoms with Crippen molar-refractivity contribution in [1.82, 2.24) is 20.0 Å². The van der Waals surface area contributed by atoms with Gasteiger partial charge in [0.25, 0.3) is 11.7 Å². The first-order valence-corrected chi connectivity index (χ1v) is 12.1. The third-order valence-electron chi connectivity index (χ3n) is 6.85. The standard InChI is InChI=1S/C28H28N4O5/c1-16-22(17(2)37-31-16)23(18-8-6-5-7-9-18)19-10-12-32(13-11-19)28(34)26(33)20-14-29-25-24(20)21(35-3)15-30-27(25)36-4/h5-9,14-15,29H,10-13H2,1-4H3. The van der Waals surface area contributed by atoms with Crippen molar-refractivity contribution in [3.63, 3.8) is 0 Å². The lowest BCUT2D eigenvalue weighted by Gasteiger charge is -2.29. The van der Waals surface area contributed by atoms with Gasteiger partial charge in [-0.25, -0.2) is 4.98 Å². The number of methoxy groups -OCH3 is 2. The molecule has 1 amide bonds. The molecule has 0 bridgehead atoms. The van der Waals surface area contributed by atoms with Crippen LogP contribution in [0, 0.1) is 13.8 Å². The van der Waals surface area contributed by atoms with Gasteiger partial charge in [-0.1, -0.05) is 41.1 Å². The molecule has 0 saturated carbocycles. The number of amides is 1. The van der Waals surface area contributed by atoms with E-state index in [1.165, 1.54) is 32.2 Å². The van der Waals surface area contributed by atoms with Crippen LogP contribution in [-0.2, 0) is 4.79 Å². The lowest BCUT2D eigenvalue weighted by atomic mass is 9.87. The Kier molecular flexibility index (Phi) is 6.52. The number of hydrogen-bond acceptors (Lipinski definition) is 7. The van der Waals surface area contributed by atoms with E-state index in [1.807, 2.05) is 32.0 Å². The number of pyridine rings is 1. The summed E-state index contributed by atoms with van der Waals surface area (Å²) < 4.78 is 16.2. The van der Waals surface area contributed by atoms with Crippen LogP contribution in [0.5, 0.6) is 11.6 Å². The summed E-state index contributed by atoms with van der Waals surface area (Å²) in [5, 5.41) is 4.64. The van der Waals surface area contributed by atoms with Gasteiger partial charge in [0.2, 0.25) is 5.88 Å². The summed E-state index contributed by atoms with van der Waals surface area (Å²) >= 11 is 0. The van der Waals surface area contributed by atoms with Crippen LogP contribution in [0.2, 0.25) is 0 Å². The van der Waals surface area contributed by atoms with E-state index in [2.05, 4.69) is 27.3 Å². The number of rotatable bonds is 6. The zero-order valence-corrected chi connectivity index (χ0v) is 21.3. The maximum absolute atomic E-state index is 13.3. The van der Waals surface area contributed by atoms with Crippen LogP contribution in [0.25, 0.3) is 16.5 Å². The first-order valence-electron chi connectivity index (χ1n) is 12.1. The minimum Gasteiger partial charge on any atom is -0.494 e. The molecule has 1 aliphatic heterocycles. The first-order chi connectivity index (χ1) is 17.9. The number of aryl methyl sites for hydroxylation is 2. The van der Waals surface area contributed by atoms with Crippen molar-refractivity contribution >= 4 is 28.2 Å². The monoisotopic (exact) mass is 500 g/mol. The van der Waals surface area contributed by atoms with Gasteiger partial charge in [0.15, 0.2) is 0 Å². The van der Waals surface area contributed by atoms with Crippen molar-refractivity contribution in [2.45, 2.75) is 26.7 Å². The SMILES string of the molecule is COc1ncc(OC)c2c(C(=O)C(=O)N3CCC(=C(c4ccccc4)c4c(C)noc4C)CC3)c[nH]c12. The molecule has 0 spiro atoms. The van der Waals surface area contributed by atoms with Crippen LogP contribution in [-0.4, -0.2) is 59.0 Å². The fourth-order valence-electron chi connectivity index (χ4n) is 5.04. The Morgan fingerprint density at radius 1 is 1.05 bits per heavy atom. The summed E-state index contributed by atoms with van der Waals surface area (Å²) in [7, 11) is 2.99. The molecule has 0 atom stereocenters. The molecule has 1 fully saturated rings. The maximum atomic E-state index is 13.3. The molecule has 4 aromatic rings. The molecule has 1 N–H and O–H groups in total. The summed E-state index contributed by atoms with van der Waals surface area (Å²) in [6.45, 7) is 4.72. The quantitative estimate of drug-likeness (QED) is 0.307. The van der Waals surface area contributed by atoms with E-state index in [0.717, 1.165) is 28.2 Å². The zero-order chi connectivity index (χ0) is 26.1. The number of piperidine rings is 1. The van der Waals surface area contributed by atoms with Crippen LogP contribution in [0.1, 0.15) is 45.8 Å². The maximum Gasteiger partial charge on any atom is 0.295 e. The summed E-state index contributed by atoms with van der Waals surface area (Å²) in [6, 6.07) is 10.1. The number of ether oxygens (including phenoxy) is 2. The molecule has 9 heteroatoms. The second-order valence-corrected chi connectivity index (χ2v) is 8.95. The number of Topliss-reactive ketones (excluding diaryl/α,β-unsaturated/α-hetero) is 1. The predicted molar refractivity (Wildman–Crippen MR) is 138 cm³/mol. The van der Waals surface area contributed by atoms with Gasteiger partial charge < -0.3 is 23.9 Å². The Hall–Kier alpha value is -4.40. The second kappa shape index (κ2) is 9.93. The largest absolute Gasteiger partial charge is 0.494 e. The van der Waals surface area contributed by atoms with Gasteiger partial charge in [-0.3, -0.25) is 9.59 Å². The molecular weight excluding hydrogens is 472 g/mol. The van der Waals surface area contributed by atoms with E-state index in [0.29, 0.717) is 48.5 Å². The Morgan fingerprint density at radius 3 is 2.41 bits per heavy atom. The Labute approximate surface area is 214 Å². The van der Waals surface area contributed by atoms with E-state index < -0.39 is 11.7 Å². The van der Waals surface area contributed by atoms with Gasteiger partial charge in [-0.2, -0.15) is 0 Å². The summed E-state index contributed by atoms with van der Waals surface area (Å²) in [6.07, 6.45) is 4.27. The number of nitrogens with zero attached hydrogens (tertiary/aromatic N) is 3. The number of hydrogen-bond donors (Lipinski definition) is 1. The Morgan fingerprint density at radius 2 is 1.78 bits per heavy atom. The third kappa shape index (κ3) is 4.26. The molecule has 190 valence electrons. The smallest absolute Gasteiger partial charge is 0.295 e. The van der Waals surface area contributed by atoms with Crippen LogP contribution < -0.4 is 9.47 Å². The normalized spacial score (nSPS) is 13.6. The van der Waals surface area contributed by atoms with Gasteiger partial charge in [-0.15, -0.1) is 0 Å². The first kappa shape index (κ1) is 24.3.